The molecule has 2 heterocycles. The standard InChI is InChI=1S/C15H22ClN3O3/c1-10-7-15(21,12-17-8-11(16)9-18-12)5-6-19(10)13(20)22-14(2,3)4/h8-10,21H,5-7H2,1-4H3/t10-,15?/m0/s1. The van der Waals surface area contributed by atoms with Crippen LogP contribution >= 0.6 is 11.6 Å². The molecule has 1 aromatic rings. The number of hydrogen-bond donors (Lipinski definition) is 1. The molecule has 1 fully saturated rings. The first-order chi connectivity index (χ1) is 10.1. The molecular formula is C15H22ClN3O3. The van der Waals surface area contributed by atoms with Gasteiger partial charge < -0.3 is 14.7 Å². The Kier molecular flexibility index (Phi) is 4.63. The molecule has 1 amide bonds. The van der Waals surface area contributed by atoms with Crippen molar-refractivity contribution in [2.24, 2.45) is 0 Å². The first kappa shape index (κ1) is 17.0. The van der Waals surface area contributed by atoms with Crippen LogP contribution in [0.4, 0.5) is 4.79 Å². The van der Waals surface area contributed by atoms with E-state index in [0.29, 0.717) is 30.2 Å². The second kappa shape index (κ2) is 6.01. The maximum atomic E-state index is 12.2. The van der Waals surface area contributed by atoms with Crippen LogP contribution in [0, 0.1) is 0 Å². The molecule has 122 valence electrons. The van der Waals surface area contributed by atoms with Gasteiger partial charge in [0.1, 0.15) is 11.2 Å². The van der Waals surface area contributed by atoms with E-state index in [1.54, 1.807) is 4.90 Å². The predicted octanol–water partition coefficient (Wildman–Crippen LogP) is 2.74. The molecular weight excluding hydrogens is 306 g/mol. The Morgan fingerprint density at radius 2 is 2.05 bits per heavy atom. The highest BCUT2D eigenvalue weighted by atomic mass is 35.5. The summed E-state index contributed by atoms with van der Waals surface area (Å²) in [5, 5.41) is 11.2. The number of hydrogen-bond acceptors (Lipinski definition) is 5. The van der Waals surface area contributed by atoms with Crippen molar-refractivity contribution in [2.75, 3.05) is 6.54 Å². The molecule has 1 aliphatic rings. The monoisotopic (exact) mass is 327 g/mol. The number of piperidine rings is 1. The van der Waals surface area contributed by atoms with E-state index in [0.717, 1.165) is 0 Å². The number of ether oxygens (including phenoxy) is 1. The number of carbonyl (C=O) groups is 1. The van der Waals surface area contributed by atoms with E-state index in [9.17, 15) is 9.90 Å². The lowest BCUT2D eigenvalue weighted by atomic mass is 9.86. The third-order valence-corrected chi connectivity index (χ3v) is 3.79. The van der Waals surface area contributed by atoms with Gasteiger partial charge in [0.15, 0.2) is 5.82 Å². The molecule has 1 N–H and O–H groups in total. The first-order valence-electron chi connectivity index (χ1n) is 7.31. The third-order valence-electron chi connectivity index (χ3n) is 3.60. The van der Waals surface area contributed by atoms with Crippen molar-refractivity contribution in [1.29, 1.82) is 0 Å². The molecule has 0 radical (unpaired) electrons. The van der Waals surface area contributed by atoms with Gasteiger partial charge in [-0.15, -0.1) is 0 Å². The summed E-state index contributed by atoms with van der Waals surface area (Å²) in [4.78, 5) is 22.0. The molecule has 1 saturated heterocycles. The largest absolute Gasteiger partial charge is 0.444 e. The van der Waals surface area contributed by atoms with Gasteiger partial charge in [0.25, 0.3) is 0 Å². The van der Waals surface area contributed by atoms with Crippen molar-refractivity contribution in [2.45, 2.75) is 57.8 Å². The second-order valence-corrected chi connectivity index (χ2v) is 7.17. The molecule has 1 unspecified atom stereocenters. The van der Waals surface area contributed by atoms with Crippen molar-refractivity contribution < 1.29 is 14.6 Å². The van der Waals surface area contributed by atoms with Gasteiger partial charge in [0.05, 0.1) is 5.02 Å². The molecule has 1 aliphatic heterocycles. The average molecular weight is 328 g/mol. The van der Waals surface area contributed by atoms with E-state index in [1.807, 2.05) is 27.7 Å². The molecule has 0 bridgehead atoms. The smallest absolute Gasteiger partial charge is 0.410 e. The van der Waals surface area contributed by atoms with E-state index in [1.165, 1.54) is 12.4 Å². The summed E-state index contributed by atoms with van der Waals surface area (Å²) < 4.78 is 5.39. The minimum Gasteiger partial charge on any atom is -0.444 e. The highest BCUT2D eigenvalue weighted by Crippen LogP contribution is 2.34. The molecule has 0 spiro atoms. The Bertz CT molecular complexity index is 544. The zero-order valence-corrected chi connectivity index (χ0v) is 14.1. The number of amides is 1. The Morgan fingerprint density at radius 3 is 2.55 bits per heavy atom. The molecule has 0 aromatic carbocycles. The van der Waals surface area contributed by atoms with Crippen LogP contribution in [0.2, 0.25) is 5.02 Å². The van der Waals surface area contributed by atoms with E-state index in [2.05, 4.69) is 9.97 Å². The highest BCUT2D eigenvalue weighted by molar-refractivity contribution is 6.30. The summed E-state index contributed by atoms with van der Waals surface area (Å²) in [6.07, 6.45) is 3.28. The summed E-state index contributed by atoms with van der Waals surface area (Å²) in [6.45, 7) is 7.76. The van der Waals surface area contributed by atoms with Gasteiger partial charge in [-0.25, -0.2) is 14.8 Å². The number of carbonyl (C=O) groups excluding carboxylic acids is 1. The van der Waals surface area contributed by atoms with Crippen LogP contribution < -0.4 is 0 Å². The van der Waals surface area contributed by atoms with Crippen LogP contribution in [0.1, 0.15) is 46.4 Å². The fourth-order valence-corrected chi connectivity index (χ4v) is 2.67. The van der Waals surface area contributed by atoms with E-state index in [-0.39, 0.29) is 12.1 Å². The maximum Gasteiger partial charge on any atom is 0.410 e. The van der Waals surface area contributed by atoms with Gasteiger partial charge >= 0.3 is 6.09 Å². The minimum absolute atomic E-state index is 0.173. The van der Waals surface area contributed by atoms with Gasteiger partial charge in [0.2, 0.25) is 0 Å². The number of halogens is 1. The van der Waals surface area contributed by atoms with E-state index < -0.39 is 11.2 Å². The van der Waals surface area contributed by atoms with Crippen LogP contribution in [-0.4, -0.2) is 44.3 Å². The molecule has 22 heavy (non-hydrogen) atoms. The van der Waals surface area contributed by atoms with Crippen molar-refractivity contribution in [3.63, 3.8) is 0 Å². The second-order valence-electron chi connectivity index (χ2n) is 6.73. The Labute approximate surface area is 135 Å². The number of aliphatic hydroxyl groups is 1. The van der Waals surface area contributed by atoms with Crippen LogP contribution in [0.3, 0.4) is 0 Å². The Hall–Kier alpha value is -1.40. The molecule has 6 nitrogen and oxygen atoms in total. The zero-order chi connectivity index (χ0) is 16.5. The van der Waals surface area contributed by atoms with Gasteiger partial charge in [-0.05, 0) is 27.7 Å². The molecule has 2 atom stereocenters. The number of rotatable bonds is 1. The van der Waals surface area contributed by atoms with Crippen LogP contribution in [0.15, 0.2) is 12.4 Å². The Balaban J connectivity index is 2.09. The average Bonchev–Trinajstić information content (AvgIpc) is 2.36. The van der Waals surface area contributed by atoms with Crippen molar-refractivity contribution in [1.82, 2.24) is 14.9 Å². The van der Waals surface area contributed by atoms with Crippen molar-refractivity contribution in [3.05, 3.63) is 23.2 Å². The summed E-state index contributed by atoms with van der Waals surface area (Å²) in [7, 11) is 0. The van der Waals surface area contributed by atoms with Gasteiger partial charge in [-0.1, -0.05) is 11.6 Å². The number of likely N-dealkylation sites (tertiary alicyclic amines) is 1. The van der Waals surface area contributed by atoms with Crippen LogP contribution in [-0.2, 0) is 10.3 Å². The lowest BCUT2D eigenvalue weighted by Crippen LogP contribution is -2.52. The minimum atomic E-state index is -1.15. The third kappa shape index (κ3) is 3.87. The molecule has 1 aromatic heterocycles. The highest BCUT2D eigenvalue weighted by Gasteiger charge is 2.42. The first-order valence-corrected chi connectivity index (χ1v) is 7.68. The number of aromatic nitrogens is 2. The topological polar surface area (TPSA) is 75.6 Å². The summed E-state index contributed by atoms with van der Waals surface area (Å²) in [6, 6.07) is -0.173. The fourth-order valence-electron chi connectivity index (χ4n) is 2.57. The quantitative estimate of drug-likeness (QED) is 0.858. The lowest BCUT2D eigenvalue weighted by Gasteiger charge is -2.41. The Morgan fingerprint density at radius 1 is 1.45 bits per heavy atom. The lowest BCUT2D eigenvalue weighted by molar-refractivity contribution is -0.0595. The normalized spacial score (nSPS) is 25.9. The van der Waals surface area contributed by atoms with Crippen LogP contribution in [0.5, 0.6) is 0 Å². The summed E-state index contributed by atoms with van der Waals surface area (Å²) >= 11 is 5.77. The van der Waals surface area contributed by atoms with Crippen LogP contribution in [0.25, 0.3) is 0 Å². The predicted molar refractivity (Wildman–Crippen MR) is 82.6 cm³/mol. The van der Waals surface area contributed by atoms with E-state index in [4.69, 9.17) is 16.3 Å². The van der Waals surface area contributed by atoms with Crippen molar-refractivity contribution in [3.8, 4) is 0 Å². The summed E-state index contributed by atoms with van der Waals surface area (Å²) in [5.41, 5.74) is -1.69. The van der Waals surface area contributed by atoms with Gasteiger partial charge in [-0.2, -0.15) is 0 Å². The van der Waals surface area contributed by atoms with Gasteiger partial charge in [-0.3, -0.25) is 0 Å². The van der Waals surface area contributed by atoms with Crippen molar-refractivity contribution >= 4 is 17.7 Å². The summed E-state index contributed by atoms with van der Waals surface area (Å²) in [5.74, 6) is 0.340. The SMILES string of the molecule is C[C@H]1CC(O)(c2ncc(Cl)cn2)CCN1C(=O)OC(C)(C)C. The van der Waals surface area contributed by atoms with Gasteiger partial charge in [0, 0.05) is 37.8 Å². The maximum absolute atomic E-state index is 12.2. The molecule has 2 rings (SSSR count). The number of nitrogens with zero attached hydrogens (tertiary/aromatic N) is 3. The molecule has 0 aliphatic carbocycles. The molecule has 0 saturated carbocycles. The van der Waals surface area contributed by atoms with E-state index >= 15 is 0 Å². The fraction of sp³-hybridized carbons (Fsp3) is 0.667. The zero-order valence-electron chi connectivity index (χ0n) is 13.3. The molecule has 7 heteroatoms.